The SMILES string of the molecule is NC(=O)c1ccnc(N2c3ccccc3NC2C2CNCCN2)n1. The number of primary amides is 1. The Kier molecular flexibility index (Phi) is 3.75. The smallest absolute Gasteiger partial charge is 0.267 e. The third-order valence-corrected chi connectivity index (χ3v) is 4.31. The molecule has 1 aromatic carbocycles. The highest BCUT2D eigenvalue weighted by atomic mass is 16.1. The number of piperazine rings is 1. The first-order valence-electron chi connectivity index (χ1n) is 7.96. The lowest BCUT2D eigenvalue weighted by Gasteiger charge is -2.35. The van der Waals surface area contributed by atoms with Crippen LogP contribution in [0.1, 0.15) is 10.5 Å². The van der Waals surface area contributed by atoms with Gasteiger partial charge in [-0.1, -0.05) is 12.1 Å². The molecule has 1 fully saturated rings. The van der Waals surface area contributed by atoms with E-state index in [9.17, 15) is 4.79 Å². The molecule has 4 rings (SSSR count). The van der Waals surface area contributed by atoms with Crippen LogP contribution in [0.2, 0.25) is 0 Å². The van der Waals surface area contributed by atoms with Crippen LogP contribution >= 0.6 is 0 Å². The second-order valence-electron chi connectivity index (χ2n) is 5.85. The molecule has 2 aliphatic heterocycles. The summed E-state index contributed by atoms with van der Waals surface area (Å²) in [6, 6.07) is 9.69. The highest BCUT2D eigenvalue weighted by molar-refractivity contribution is 5.91. The van der Waals surface area contributed by atoms with Crippen molar-refractivity contribution in [1.82, 2.24) is 20.6 Å². The van der Waals surface area contributed by atoms with E-state index in [1.807, 2.05) is 29.2 Å². The number of nitrogens with two attached hydrogens (primary N) is 1. The van der Waals surface area contributed by atoms with Crippen molar-refractivity contribution in [1.29, 1.82) is 0 Å². The fraction of sp³-hybridized carbons (Fsp3) is 0.312. The van der Waals surface area contributed by atoms with E-state index < -0.39 is 5.91 Å². The van der Waals surface area contributed by atoms with E-state index in [2.05, 4.69) is 25.9 Å². The summed E-state index contributed by atoms with van der Waals surface area (Å²) in [6.45, 7) is 2.68. The largest absolute Gasteiger partial charge is 0.364 e. The van der Waals surface area contributed by atoms with Crippen molar-refractivity contribution < 1.29 is 4.79 Å². The summed E-state index contributed by atoms with van der Waals surface area (Å²) in [5.41, 5.74) is 7.57. The number of rotatable bonds is 3. The van der Waals surface area contributed by atoms with Gasteiger partial charge in [0.25, 0.3) is 5.91 Å². The highest BCUT2D eigenvalue weighted by Crippen LogP contribution is 2.39. The van der Waals surface area contributed by atoms with Crippen LogP contribution < -0.4 is 26.6 Å². The van der Waals surface area contributed by atoms with E-state index in [4.69, 9.17) is 5.73 Å². The zero-order valence-corrected chi connectivity index (χ0v) is 13.1. The molecular weight excluding hydrogens is 306 g/mol. The predicted octanol–water partition coefficient (Wildman–Crippen LogP) is 0.0266. The van der Waals surface area contributed by atoms with Gasteiger partial charge in [0, 0.05) is 25.8 Å². The molecule has 5 N–H and O–H groups in total. The number of carbonyl (C=O) groups is 1. The van der Waals surface area contributed by atoms with Gasteiger partial charge < -0.3 is 21.7 Å². The monoisotopic (exact) mass is 325 g/mol. The maximum atomic E-state index is 11.5. The Morgan fingerprint density at radius 3 is 2.92 bits per heavy atom. The number of hydrogen-bond acceptors (Lipinski definition) is 7. The third kappa shape index (κ3) is 2.55. The number of para-hydroxylation sites is 2. The lowest BCUT2D eigenvalue weighted by molar-refractivity contribution is 0.0995. The van der Waals surface area contributed by atoms with Crippen molar-refractivity contribution in [3.8, 4) is 0 Å². The first-order chi connectivity index (χ1) is 11.7. The summed E-state index contributed by atoms with van der Waals surface area (Å²) < 4.78 is 0. The van der Waals surface area contributed by atoms with E-state index in [1.165, 1.54) is 6.07 Å². The maximum absolute atomic E-state index is 11.5. The number of nitrogens with one attached hydrogen (secondary N) is 3. The number of benzene rings is 1. The third-order valence-electron chi connectivity index (χ3n) is 4.31. The zero-order chi connectivity index (χ0) is 16.5. The maximum Gasteiger partial charge on any atom is 0.267 e. The molecule has 0 bridgehead atoms. The Bertz CT molecular complexity index is 760. The number of nitrogens with zero attached hydrogens (tertiary/aromatic N) is 3. The van der Waals surface area contributed by atoms with E-state index in [1.54, 1.807) is 6.20 Å². The number of aromatic nitrogens is 2. The van der Waals surface area contributed by atoms with Crippen molar-refractivity contribution in [3.05, 3.63) is 42.2 Å². The number of amides is 1. The van der Waals surface area contributed by atoms with Gasteiger partial charge in [-0.3, -0.25) is 9.69 Å². The van der Waals surface area contributed by atoms with E-state index in [0.29, 0.717) is 5.95 Å². The molecule has 2 aliphatic rings. The fourth-order valence-corrected chi connectivity index (χ4v) is 3.19. The van der Waals surface area contributed by atoms with Crippen LogP contribution in [0.5, 0.6) is 0 Å². The van der Waals surface area contributed by atoms with Crippen LogP contribution in [0.15, 0.2) is 36.5 Å². The lowest BCUT2D eigenvalue weighted by atomic mass is 10.1. The summed E-state index contributed by atoms with van der Waals surface area (Å²) in [6.07, 6.45) is 1.51. The van der Waals surface area contributed by atoms with Gasteiger partial charge in [0.1, 0.15) is 11.9 Å². The average Bonchev–Trinajstić information content (AvgIpc) is 3.02. The number of hydrogen-bond donors (Lipinski definition) is 4. The van der Waals surface area contributed by atoms with Crippen molar-refractivity contribution in [2.45, 2.75) is 12.2 Å². The molecule has 8 nitrogen and oxygen atoms in total. The van der Waals surface area contributed by atoms with E-state index >= 15 is 0 Å². The lowest BCUT2D eigenvalue weighted by Crippen LogP contribution is -2.59. The zero-order valence-electron chi connectivity index (χ0n) is 13.1. The van der Waals surface area contributed by atoms with Gasteiger partial charge in [0.05, 0.1) is 17.4 Å². The Balaban J connectivity index is 1.75. The number of fused-ring (bicyclic) bond motifs is 1. The molecule has 124 valence electrons. The molecule has 8 heteroatoms. The molecule has 1 amide bonds. The molecule has 0 spiro atoms. The molecule has 2 aromatic rings. The van der Waals surface area contributed by atoms with Crippen LogP contribution in [0.25, 0.3) is 0 Å². The summed E-state index contributed by atoms with van der Waals surface area (Å²) in [5, 5.41) is 10.4. The topological polar surface area (TPSA) is 108 Å². The first kappa shape index (κ1) is 14.9. The van der Waals surface area contributed by atoms with Crippen LogP contribution in [0.4, 0.5) is 17.3 Å². The molecule has 0 saturated carbocycles. The van der Waals surface area contributed by atoms with Gasteiger partial charge in [0.2, 0.25) is 5.95 Å². The normalized spacial score (nSPS) is 22.8. The minimum atomic E-state index is -0.562. The van der Waals surface area contributed by atoms with Gasteiger partial charge in [0.15, 0.2) is 0 Å². The molecule has 1 saturated heterocycles. The Labute approximate surface area is 139 Å². The van der Waals surface area contributed by atoms with Gasteiger partial charge in [-0.05, 0) is 18.2 Å². The standard InChI is InChI=1S/C16H19N7O/c17-14(24)11-5-6-20-16(22-11)23-13-4-2-1-3-10(13)21-15(23)12-9-18-7-8-19-12/h1-6,12,15,18-19,21H,7-9H2,(H2,17,24). The van der Waals surface area contributed by atoms with Gasteiger partial charge >= 0.3 is 0 Å². The van der Waals surface area contributed by atoms with E-state index in [0.717, 1.165) is 31.0 Å². The minimum absolute atomic E-state index is 0.0571. The van der Waals surface area contributed by atoms with Crippen LogP contribution in [0, 0.1) is 0 Å². The molecule has 24 heavy (non-hydrogen) atoms. The summed E-state index contributed by atoms with van der Waals surface area (Å²) in [7, 11) is 0. The van der Waals surface area contributed by atoms with Crippen molar-refractivity contribution in [2.24, 2.45) is 5.73 Å². The molecule has 0 aliphatic carbocycles. The summed E-state index contributed by atoms with van der Waals surface area (Å²) in [4.78, 5) is 22.2. The van der Waals surface area contributed by atoms with Crippen LogP contribution in [-0.2, 0) is 0 Å². The summed E-state index contributed by atoms with van der Waals surface area (Å²) in [5.74, 6) is -0.103. The predicted molar refractivity (Wildman–Crippen MR) is 91.2 cm³/mol. The van der Waals surface area contributed by atoms with Crippen molar-refractivity contribution >= 4 is 23.2 Å². The van der Waals surface area contributed by atoms with Crippen LogP contribution in [0.3, 0.4) is 0 Å². The molecule has 3 heterocycles. The summed E-state index contributed by atoms with van der Waals surface area (Å²) >= 11 is 0. The molecule has 1 aromatic heterocycles. The quantitative estimate of drug-likeness (QED) is 0.630. The van der Waals surface area contributed by atoms with Gasteiger partial charge in [-0.2, -0.15) is 0 Å². The van der Waals surface area contributed by atoms with Gasteiger partial charge in [-0.25, -0.2) is 9.97 Å². The van der Waals surface area contributed by atoms with E-state index in [-0.39, 0.29) is 17.9 Å². The minimum Gasteiger partial charge on any atom is -0.364 e. The average molecular weight is 325 g/mol. The van der Waals surface area contributed by atoms with Crippen molar-refractivity contribution in [2.75, 3.05) is 29.9 Å². The fourth-order valence-electron chi connectivity index (χ4n) is 3.19. The number of carbonyl (C=O) groups excluding carboxylic acids is 1. The van der Waals surface area contributed by atoms with Crippen LogP contribution in [-0.4, -0.2) is 47.7 Å². The highest BCUT2D eigenvalue weighted by Gasteiger charge is 2.37. The Hall–Kier alpha value is -2.71. The van der Waals surface area contributed by atoms with Gasteiger partial charge in [-0.15, -0.1) is 0 Å². The first-order valence-corrected chi connectivity index (χ1v) is 7.96. The Morgan fingerprint density at radius 2 is 2.12 bits per heavy atom. The Morgan fingerprint density at radius 1 is 1.25 bits per heavy atom. The second kappa shape index (κ2) is 6.06. The molecular formula is C16H19N7O. The van der Waals surface area contributed by atoms with Crippen molar-refractivity contribution in [3.63, 3.8) is 0 Å². The molecule has 0 radical (unpaired) electrons. The molecule has 2 atom stereocenters. The second-order valence-corrected chi connectivity index (χ2v) is 5.85. The molecule has 2 unspecified atom stereocenters. The number of anilines is 3.